The first-order chi connectivity index (χ1) is 9.12. The maximum absolute atomic E-state index is 11.6. The Balaban J connectivity index is 3.42. The Kier molecular flexibility index (Phi) is 5.24. The first-order valence-corrected chi connectivity index (χ1v) is 8.14. The Morgan fingerprint density at radius 3 is 2.60 bits per heavy atom. The molecule has 0 unspecified atom stereocenters. The van der Waals surface area contributed by atoms with Gasteiger partial charge in [0.25, 0.3) is 0 Å². The van der Waals surface area contributed by atoms with Gasteiger partial charge in [0.1, 0.15) is 0 Å². The topological polar surface area (TPSA) is 95.8 Å². The van der Waals surface area contributed by atoms with Gasteiger partial charge in [0.2, 0.25) is 5.28 Å². The van der Waals surface area contributed by atoms with Crippen LogP contribution in [0, 0.1) is 12.3 Å². The van der Waals surface area contributed by atoms with E-state index < -0.39 is 14.9 Å². The lowest BCUT2D eigenvalue weighted by atomic mass is 10.1. The fourth-order valence-corrected chi connectivity index (χ4v) is 2.07. The molecule has 0 saturated heterocycles. The second kappa shape index (κ2) is 6.32. The zero-order valence-electron chi connectivity index (χ0n) is 11.7. The third-order valence-corrected chi connectivity index (χ3v) is 3.52. The van der Waals surface area contributed by atoms with Crippen LogP contribution in [0.1, 0.15) is 25.1 Å². The van der Waals surface area contributed by atoms with E-state index in [1.807, 2.05) is 13.8 Å². The minimum Gasteiger partial charge on any atom is -0.388 e. The highest BCUT2D eigenvalue weighted by molar-refractivity contribution is 8.06. The highest BCUT2D eigenvalue weighted by atomic mass is 35.5. The lowest BCUT2D eigenvalue weighted by Crippen LogP contribution is -2.21. The van der Waals surface area contributed by atoms with Crippen LogP contribution in [0.15, 0.2) is 12.4 Å². The minimum absolute atomic E-state index is 0.00217. The molecule has 1 rings (SSSR count). The lowest BCUT2D eigenvalue weighted by Gasteiger charge is -2.12. The van der Waals surface area contributed by atoms with Crippen LogP contribution >= 0.6 is 11.6 Å². The fraction of sp³-hybridized carbons (Fsp3) is 0.417. The first kappa shape index (κ1) is 16.6. The van der Waals surface area contributed by atoms with Gasteiger partial charge < -0.3 is 5.32 Å². The molecule has 0 aliphatic heterocycles. The molecule has 0 bridgehead atoms. The van der Waals surface area contributed by atoms with Crippen molar-refractivity contribution in [1.29, 1.82) is 5.41 Å². The molecule has 0 aromatic carbocycles. The molecule has 0 saturated carbocycles. The van der Waals surface area contributed by atoms with Gasteiger partial charge in [-0.05, 0) is 37.9 Å². The summed E-state index contributed by atoms with van der Waals surface area (Å²) in [7, 11) is -3.66. The van der Waals surface area contributed by atoms with E-state index in [9.17, 15) is 8.42 Å². The Hall–Kier alpha value is -1.47. The van der Waals surface area contributed by atoms with Crippen LogP contribution in [-0.2, 0) is 9.84 Å². The fourth-order valence-electron chi connectivity index (χ4n) is 1.38. The lowest BCUT2D eigenvalue weighted by molar-refractivity contribution is 0.612. The third-order valence-electron chi connectivity index (χ3n) is 2.37. The summed E-state index contributed by atoms with van der Waals surface area (Å²) in [6, 6.07) is 0.0926. The highest BCUT2D eigenvalue weighted by Crippen LogP contribution is 2.20. The molecule has 0 radical (unpaired) electrons. The maximum Gasteiger partial charge on any atom is 0.222 e. The molecule has 0 fully saturated rings. The van der Waals surface area contributed by atoms with Gasteiger partial charge in [-0.3, -0.25) is 5.41 Å². The van der Waals surface area contributed by atoms with Crippen molar-refractivity contribution >= 4 is 32.1 Å². The Morgan fingerprint density at radius 1 is 1.50 bits per heavy atom. The van der Waals surface area contributed by atoms with Gasteiger partial charge in [-0.2, -0.15) is 0 Å². The van der Waals surface area contributed by atoms with E-state index in [-0.39, 0.29) is 16.9 Å². The summed E-state index contributed by atoms with van der Waals surface area (Å²) in [6.45, 7) is 5.53. The summed E-state index contributed by atoms with van der Waals surface area (Å²) in [5.74, 6) is 0. The summed E-state index contributed by atoms with van der Waals surface area (Å²) >= 11 is 5.75. The van der Waals surface area contributed by atoms with Crippen LogP contribution in [0.3, 0.4) is 0 Å². The van der Waals surface area contributed by atoms with Crippen LogP contribution in [0.25, 0.3) is 5.57 Å². The zero-order valence-corrected chi connectivity index (χ0v) is 13.3. The van der Waals surface area contributed by atoms with Gasteiger partial charge in [-0.25, -0.2) is 18.4 Å². The smallest absolute Gasteiger partial charge is 0.222 e. The molecule has 6 nitrogen and oxygen atoms in total. The summed E-state index contributed by atoms with van der Waals surface area (Å²) in [5.41, 5.74) is 1.14. The molecule has 2 N–H and O–H groups in total. The van der Waals surface area contributed by atoms with Crippen molar-refractivity contribution in [2.75, 3.05) is 6.26 Å². The second-order valence-corrected chi connectivity index (χ2v) is 6.94. The number of hydrogen-bond donors (Lipinski definition) is 2. The Bertz CT molecular complexity index is 653. The third kappa shape index (κ3) is 4.28. The molecule has 1 heterocycles. The van der Waals surface area contributed by atoms with Gasteiger partial charge in [0, 0.05) is 24.7 Å². The van der Waals surface area contributed by atoms with Crippen molar-refractivity contribution < 1.29 is 8.42 Å². The molecule has 110 valence electrons. The van der Waals surface area contributed by atoms with E-state index >= 15 is 0 Å². The monoisotopic (exact) mass is 316 g/mol. The number of hydrogen-bond acceptors (Lipinski definition) is 6. The summed E-state index contributed by atoms with van der Waals surface area (Å²) in [6.07, 6.45) is 3.94. The number of sulfone groups is 1. The number of aromatic nitrogens is 2. The van der Waals surface area contributed by atoms with Crippen molar-refractivity contribution in [2.45, 2.75) is 26.8 Å². The van der Waals surface area contributed by atoms with Crippen molar-refractivity contribution in [3.63, 3.8) is 0 Å². The van der Waals surface area contributed by atoms with E-state index in [1.54, 1.807) is 6.92 Å². The largest absolute Gasteiger partial charge is 0.388 e. The molecule has 0 atom stereocenters. The van der Waals surface area contributed by atoms with Gasteiger partial charge in [0.05, 0.1) is 11.3 Å². The van der Waals surface area contributed by atoms with E-state index in [4.69, 9.17) is 17.0 Å². The van der Waals surface area contributed by atoms with Crippen LogP contribution < -0.4 is 5.32 Å². The molecule has 20 heavy (non-hydrogen) atoms. The molecule has 1 aromatic rings. The average molecular weight is 317 g/mol. The minimum atomic E-state index is -3.66. The van der Waals surface area contributed by atoms with Crippen molar-refractivity contribution in [3.8, 4) is 0 Å². The number of nitrogens with zero attached hydrogens (tertiary/aromatic N) is 2. The normalized spacial score (nSPS) is 12.6. The molecule has 8 heteroatoms. The summed E-state index contributed by atoms with van der Waals surface area (Å²) < 4.78 is 23.2. The molecule has 0 amide bonds. The van der Waals surface area contributed by atoms with E-state index in [1.165, 1.54) is 12.4 Å². The number of aryl methyl sites for hydroxylation is 1. The number of halogens is 1. The van der Waals surface area contributed by atoms with Gasteiger partial charge in [-0.15, -0.1) is 0 Å². The first-order valence-electron chi connectivity index (χ1n) is 5.87. The predicted molar refractivity (Wildman–Crippen MR) is 80.6 cm³/mol. The Morgan fingerprint density at radius 2 is 2.10 bits per heavy atom. The van der Waals surface area contributed by atoms with E-state index in [0.29, 0.717) is 11.3 Å². The van der Waals surface area contributed by atoms with Crippen LogP contribution in [-0.4, -0.2) is 35.7 Å². The molecular weight excluding hydrogens is 300 g/mol. The van der Waals surface area contributed by atoms with Crippen molar-refractivity contribution in [1.82, 2.24) is 15.3 Å². The number of nitrogens with one attached hydrogen (secondary N) is 2. The zero-order chi connectivity index (χ0) is 15.5. The second-order valence-electron chi connectivity index (χ2n) is 4.65. The van der Waals surface area contributed by atoms with Gasteiger partial charge >= 0.3 is 0 Å². The van der Waals surface area contributed by atoms with Crippen LogP contribution in [0.2, 0.25) is 5.28 Å². The van der Waals surface area contributed by atoms with E-state index in [0.717, 1.165) is 6.26 Å². The molecular formula is C12H17ClN4O2S. The standard InChI is InChI=1S/C12H17ClN4O2S/c1-7(2)15-6-9(11(14)20(4,18)19)10-8(3)5-16-12(13)17-10/h5-7,14-15H,1-4H3/b9-6-,14-11?. The van der Waals surface area contributed by atoms with Crippen molar-refractivity contribution in [3.05, 3.63) is 28.9 Å². The van der Waals surface area contributed by atoms with E-state index in [2.05, 4.69) is 15.3 Å². The predicted octanol–water partition coefficient (Wildman–Crippen LogP) is 1.80. The van der Waals surface area contributed by atoms with Gasteiger partial charge in [0.15, 0.2) is 14.9 Å². The molecule has 0 aliphatic carbocycles. The molecule has 0 aliphatic rings. The quantitative estimate of drug-likeness (QED) is 0.501. The van der Waals surface area contributed by atoms with Crippen LogP contribution in [0.5, 0.6) is 0 Å². The van der Waals surface area contributed by atoms with Crippen molar-refractivity contribution in [2.24, 2.45) is 0 Å². The SMILES string of the molecule is Cc1cnc(Cl)nc1/C(=C/NC(C)C)C(=N)S(C)(=O)=O. The summed E-state index contributed by atoms with van der Waals surface area (Å²) in [4.78, 5) is 7.85. The maximum atomic E-state index is 11.6. The van der Waals surface area contributed by atoms with Gasteiger partial charge in [-0.1, -0.05) is 0 Å². The number of rotatable bonds is 4. The molecule has 0 spiro atoms. The highest BCUT2D eigenvalue weighted by Gasteiger charge is 2.21. The van der Waals surface area contributed by atoms with Crippen LogP contribution in [0.4, 0.5) is 0 Å². The average Bonchev–Trinajstić information content (AvgIpc) is 2.31. The Labute approximate surface area is 123 Å². The molecule has 1 aromatic heterocycles. The summed E-state index contributed by atoms with van der Waals surface area (Å²) in [5, 5.41) is 10.3.